The van der Waals surface area contributed by atoms with E-state index in [0.717, 1.165) is 40.6 Å². The second-order valence-corrected chi connectivity index (χ2v) is 6.11. The smallest absolute Gasteiger partial charge is 0.296 e. The Morgan fingerprint density at radius 2 is 1.60 bits per heavy atom. The van der Waals surface area contributed by atoms with E-state index in [9.17, 15) is 9.59 Å². The van der Waals surface area contributed by atoms with Gasteiger partial charge in [0.1, 0.15) is 0 Å². The van der Waals surface area contributed by atoms with Gasteiger partial charge in [-0.1, -0.05) is 50.2 Å². The number of nitrogens with zero attached hydrogens (tertiary/aromatic N) is 1. The van der Waals surface area contributed by atoms with Crippen LogP contribution in [0, 0.1) is 0 Å². The van der Waals surface area contributed by atoms with E-state index in [1.165, 1.54) is 0 Å². The molecular weight excluding hydrogens is 312 g/mol. The Kier molecular flexibility index (Phi) is 4.70. The molecule has 3 aromatic rings. The number of amides is 1. The molecule has 0 bridgehead atoms. The summed E-state index contributed by atoms with van der Waals surface area (Å²) in [5.74, 6) is -1.10. The van der Waals surface area contributed by atoms with Gasteiger partial charge in [-0.2, -0.15) is 0 Å². The molecule has 4 heteroatoms. The van der Waals surface area contributed by atoms with Gasteiger partial charge >= 0.3 is 0 Å². The molecular formula is C21H22N2O2. The summed E-state index contributed by atoms with van der Waals surface area (Å²) in [7, 11) is 1.87. The summed E-state index contributed by atoms with van der Waals surface area (Å²) in [6.07, 6.45) is 3.32. The van der Waals surface area contributed by atoms with Gasteiger partial charge in [0.05, 0.1) is 5.56 Å². The van der Waals surface area contributed by atoms with Crippen LogP contribution >= 0.6 is 0 Å². The number of para-hydroxylation sites is 2. The Morgan fingerprint density at radius 3 is 2.24 bits per heavy atom. The maximum absolute atomic E-state index is 12.8. The second-order valence-electron chi connectivity index (χ2n) is 6.11. The van der Waals surface area contributed by atoms with Crippen LogP contribution in [0.15, 0.2) is 48.7 Å². The van der Waals surface area contributed by atoms with Gasteiger partial charge in [0.15, 0.2) is 0 Å². The Bertz CT molecular complexity index is 931. The number of fused-ring (bicyclic) bond motifs is 1. The average molecular weight is 334 g/mol. The molecule has 0 saturated carbocycles. The molecule has 2 aromatic carbocycles. The van der Waals surface area contributed by atoms with Crippen molar-refractivity contribution in [2.24, 2.45) is 7.05 Å². The van der Waals surface area contributed by atoms with Crippen molar-refractivity contribution >= 4 is 28.3 Å². The standard InChI is InChI=1S/C21H22N2O2/c1-4-14-9-8-10-15(5-2)19(14)22-21(25)20(24)17-13-23(3)18-12-7-6-11-16(17)18/h6-13H,4-5H2,1-3H3,(H,22,25). The first-order chi connectivity index (χ1) is 12.1. The monoisotopic (exact) mass is 334 g/mol. The number of carbonyl (C=O) groups is 2. The number of aromatic nitrogens is 1. The van der Waals surface area contributed by atoms with Crippen molar-refractivity contribution in [2.45, 2.75) is 26.7 Å². The van der Waals surface area contributed by atoms with Crippen molar-refractivity contribution in [1.29, 1.82) is 0 Å². The molecule has 25 heavy (non-hydrogen) atoms. The number of anilines is 1. The predicted molar refractivity (Wildman–Crippen MR) is 101 cm³/mol. The summed E-state index contributed by atoms with van der Waals surface area (Å²) in [6.45, 7) is 4.08. The summed E-state index contributed by atoms with van der Waals surface area (Å²) in [4.78, 5) is 25.4. The highest BCUT2D eigenvalue weighted by Crippen LogP contribution is 2.24. The van der Waals surface area contributed by atoms with Crippen LogP contribution in [0.3, 0.4) is 0 Å². The number of Topliss-reactive ketones (excluding diaryl/α,β-unsaturated/α-hetero) is 1. The first-order valence-corrected chi connectivity index (χ1v) is 8.57. The van der Waals surface area contributed by atoms with Crippen molar-refractivity contribution in [3.63, 3.8) is 0 Å². The molecule has 1 aromatic heterocycles. The molecule has 0 unspecified atom stereocenters. The van der Waals surface area contributed by atoms with Gasteiger partial charge in [0.25, 0.3) is 11.7 Å². The molecule has 4 nitrogen and oxygen atoms in total. The van der Waals surface area contributed by atoms with Crippen LogP contribution in [0.2, 0.25) is 0 Å². The van der Waals surface area contributed by atoms with Crippen molar-refractivity contribution in [1.82, 2.24) is 4.57 Å². The summed E-state index contributed by atoms with van der Waals surface area (Å²) in [5, 5.41) is 3.65. The Hall–Kier alpha value is -2.88. The number of hydrogen-bond donors (Lipinski definition) is 1. The van der Waals surface area contributed by atoms with E-state index in [2.05, 4.69) is 5.32 Å². The summed E-state index contributed by atoms with van der Waals surface area (Å²) in [6, 6.07) is 13.5. The zero-order chi connectivity index (χ0) is 18.0. The lowest BCUT2D eigenvalue weighted by Gasteiger charge is -2.13. The minimum atomic E-state index is -0.591. The number of carbonyl (C=O) groups excluding carboxylic acids is 2. The first kappa shape index (κ1) is 17.0. The first-order valence-electron chi connectivity index (χ1n) is 8.57. The number of aryl methyl sites for hydroxylation is 3. The molecule has 1 heterocycles. The lowest BCUT2D eigenvalue weighted by molar-refractivity contribution is -0.112. The molecule has 0 saturated heterocycles. The van der Waals surface area contributed by atoms with Crippen LogP contribution in [0.1, 0.15) is 35.3 Å². The molecule has 0 radical (unpaired) electrons. The molecule has 3 rings (SSSR count). The quantitative estimate of drug-likeness (QED) is 0.563. The van der Waals surface area contributed by atoms with Gasteiger partial charge in [-0.15, -0.1) is 0 Å². The largest absolute Gasteiger partial charge is 0.350 e. The lowest BCUT2D eigenvalue weighted by atomic mass is 10.0. The number of benzene rings is 2. The number of ketones is 1. The molecule has 0 atom stereocenters. The van der Waals surface area contributed by atoms with Crippen molar-refractivity contribution in [3.05, 3.63) is 65.4 Å². The molecule has 0 fully saturated rings. The minimum absolute atomic E-state index is 0.433. The molecule has 0 aliphatic rings. The van der Waals surface area contributed by atoms with E-state index in [1.807, 2.05) is 67.9 Å². The van der Waals surface area contributed by atoms with Crippen LogP contribution in [0.25, 0.3) is 10.9 Å². The minimum Gasteiger partial charge on any atom is -0.350 e. The van der Waals surface area contributed by atoms with Crippen molar-refractivity contribution in [3.8, 4) is 0 Å². The Labute approximate surface area is 147 Å². The molecule has 1 N–H and O–H groups in total. The van der Waals surface area contributed by atoms with Gasteiger partial charge in [0.2, 0.25) is 0 Å². The van der Waals surface area contributed by atoms with E-state index in [1.54, 1.807) is 6.20 Å². The fourth-order valence-electron chi connectivity index (χ4n) is 3.22. The second kappa shape index (κ2) is 6.93. The zero-order valence-corrected chi connectivity index (χ0v) is 14.8. The third-order valence-electron chi connectivity index (χ3n) is 4.59. The molecule has 0 aliphatic heterocycles. The summed E-state index contributed by atoms with van der Waals surface area (Å²) in [5.41, 5.74) is 4.22. The van der Waals surface area contributed by atoms with Gasteiger partial charge < -0.3 is 9.88 Å². The lowest BCUT2D eigenvalue weighted by Crippen LogP contribution is -2.24. The van der Waals surface area contributed by atoms with Gasteiger partial charge in [-0.05, 0) is 30.0 Å². The fraction of sp³-hybridized carbons (Fsp3) is 0.238. The normalized spacial score (nSPS) is 10.8. The summed E-state index contributed by atoms with van der Waals surface area (Å²) < 4.78 is 1.87. The van der Waals surface area contributed by atoms with Crippen molar-refractivity contribution in [2.75, 3.05) is 5.32 Å². The van der Waals surface area contributed by atoms with Crippen LogP contribution in [-0.2, 0) is 24.7 Å². The Balaban J connectivity index is 1.95. The average Bonchev–Trinajstić information content (AvgIpc) is 2.98. The third kappa shape index (κ3) is 3.07. The molecule has 128 valence electrons. The highest BCUT2D eigenvalue weighted by molar-refractivity contribution is 6.48. The predicted octanol–water partition coefficient (Wildman–Crippen LogP) is 4.12. The van der Waals surface area contributed by atoms with Crippen LogP contribution < -0.4 is 5.32 Å². The van der Waals surface area contributed by atoms with Crippen LogP contribution in [0.4, 0.5) is 5.69 Å². The SMILES string of the molecule is CCc1cccc(CC)c1NC(=O)C(=O)c1cn(C)c2ccccc12. The van der Waals surface area contributed by atoms with E-state index in [-0.39, 0.29) is 0 Å². The van der Waals surface area contributed by atoms with E-state index in [4.69, 9.17) is 0 Å². The zero-order valence-electron chi connectivity index (χ0n) is 14.8. The number of nitrogens with one attached hydrogen (secondary N) is 1. The van der Waals surface area contributed by atoms with Crippen LogP contribution in [-0.4, -0.2) is 16.3 Å². The maximum Gasteiger partial charge on any atom is 0.296 e. The van der Waals surface area contributed by atoms with E-state index in [0.29, 0.717) is 5.56 Å². The topological polar surface area (TPSA) is 51.1 Å². The Morgan fingerprint density at radius 1 is 0.960 bits per heavy atom. The number of hydrogen-bond acceptors (Lipinski definition) is 2. The molecule has 1 amide bonds. The third-order valence-corrected chi connectivity index (χ3v) is 4.59. The van der Waals surface area contributed by atoms with E-state index >= 15 is 0 Å². The van der Waals surface area contributed by atoms with Crippen molar-refractivity contribution < 1.29 is 9.59 Å². The highest BCUT2D eigenvalue weighted by atomic mass is 16.2. The van der Waals surface area contributed by atoms with Crippen LogP contribution in [0.5, 0.6) is 0 Å². The molecule has 0 aliphatic carbocycles. The number of rotatable bonds is 5. The van der Waals surface area contributed by atoms with Gasteiger partial charge in [-0.25, -0.2) is 0 Å². The highest BCUT2D eigenvalue weighted by Gasteiger charge is 2.22. The van der Waals surface area contributed by atoms with E-state index < -0.39 is 11.7 Å². The molecule has 0 spiro atoms. The maximum atomic E-state index is 12.8. The van der Waals surface area contributed by atoms with Gasteiger partial charge in [0, 0.05) is 29.8 Å². The fourth-order valence-corrected chi connectivity index (χ4v) is 3.22. The summed E-state index contributed by atoms with van der Waals surface area (Å²) >= 11 is 0. The van der Waals surface area contributed by atoms with Gasteiger partial charge in [-0.3, -0.25) is 9.59 Å².